The molecule has 0 bridgehead atoms. The second-order valence-electron chi connectivity index (χ2n) is 6.29. The van der Waals surface area contributed by atoms with Gasteiger partial charge in [-0.25, -0.2) is 13.1 Å². The maximum absolute atomic E-state index is 12.2. The number of nitrogens with zero attached hydrogens (tertiary/aromatic N) is 2. The molecule has 0 spiro atoms. The number of hydrogen-bond acceptors (Lipinski definition) is 4. The monoisotopic (exact) mass is 303 g/mol. The van der Waals surface area contributed by atoms with Crippen molar-refractivity contribution in [2.45, 2.75) is 58.1 Å². The first-order valence-corrected chi connectivity index (χ1v) is 8.24. The fraction of sp³-hybridized carbons (Fsp3) is 0.769. The predicted octanol–water partition coefficient (Wildman–Crippen LogP) is 1.54. The average Bonchev–Trinajstić information content (AvgIpc) is 2.75. The van der Waals surface area contributed by atoms with Gasteiger partial charge in [0.2, 0.25) is 10.0 Å². The summed E-state index contributed by atoms with van der Waals surface area (Å²) in [4.78, 5) is 0.166. The first-order chi connectivity index (χ1) is 9.03. The molecule has 0 aliphatic heterocycles. The number of hydrogen-bond donors (Lipinski definition) is 2. The number of aliphatic hydroxyl groups excluding tert-OH is 1. The third kappa shape index (κ3) is 4.88. The molecule has 0 radical (unpaired) electrons. The van der Waals surface area contributed by atoms with Gasteiger partial charge in [0.1, 0.15) is 4.90 Å². The van der Waals surface area contributed by atoms with Crippen molar-refractivity contribution >= 4 is 10.0 Å². The van der Waals surface area contributed by atoms with E-state index in [1.165, 1.54) is 12.4 Å². The maximum atomic E-state index is 12.2. The van der Waals surface area contributed by atoms with Crippen LogP contribution in [0, 0.1) is 5.41 Å². The smallest absolute Gasteiger partial charge is 0.243 e. The third-order valence-electron chi connectivity index (χ3n) is 3.01. The Labute approximate surface area is 121 Å². The minimum Gasteiger partial charge on any atom is -0.393 e. The summed E-state index contributed by atoms with van der Waals surface area (Å²) < 4.78 is 28.5. The zero-order valence-corrected chi connectivity index (χ0v) is 13.6. The minimum atomic E-state index is -3.56. The van der Waals surface area contributed by atoms with E-state index in [2.05, 4.69) is 9.82 Å². The van der Waals surface area contributed by atoms with Gasteiger partial charge < -0.3 is 5.11 Å². The van der Waals surface area contributed by atoms with Crippen LogP contribution in [0.2, 0.25) is 0 Å². The number of nitrogens with one attached hydrogen (secondary N) is 1. The number of aliphatic hydroxyl groups is 1. The summed E-state index contributed by atoms with van der Waals surface area (Å²) in [5.74, 6) is 0. The Morgan fingerprint density at radius 1 is 1.40 bits per heavy atom. The van der Waals surface area contributed by atoms with Crippen molar-refractivity contribution in [1.82, 2.24) is 14.5 Å². The third-order valence-corrected chi connectivity index (χ3v) is 4.36. The lowest BCUT2D eigenvalue weighted by atomic mass is 9.87. The van der Waals surface area contributed by atoms with Crippen LogP contribution in [-0.4, -0.2) is 36.0 Å². The molecule has 20 heavy (non-hydrogen) atoms. The topological polar surface area (TPSA) is 84.2 Å². The van der Waals surface area contributed by atoms with E-state index < -0.39 is 16.1 Å². The quantitative estimate of drug-likeness (QED) is 0.800. The van der Waals surface area contributed by atoms with Crippen molar-refractivity contribution < 1.29 is 13.5 Å². The minimum absolute atomic E-state index is 0.116. The first kappa shape index (κ1) is 17.1. The highest BCUT2D eigenvalue weighted by atomic mass is 32.2. The van der Waals surface area contributed by atoms with Gasteiger partial charge in [0.25, 0.3) is 0 Å². The molecule has 1 aromatic heterocycles. The fourth-order valence-electron chi connectivity index (χ4n) is 1.99. The highest BCUT2D eigenvalue weighted by Crippen LogP contribution is 2.22. The summed E-state index contributed by atoms with van der Waals surface area (Å²) in [7, 11) is -3.56. The molecule has 0 fully saturated rings. The van der Waals surface area contributed by atoms with E-state index in [9.17, 15) is 13.5 Å². The Balaban J connectivity index is 2.75. The molecule has 1 rings (SSSR count). The summed E-state index contributed by atoms with van der Waals surface area (Å²) >= 11 is 0. The number of sulfonamides is 1. The Morgan fingerprint density at radius 3 is 2.45 bits per heavy atom. The van der Waals surface area contributed by atoms with Crippen LogP contribution in [0.4, 0.5) is 0 Å². The van der Waals surface area contributed by atoms with Gasteiger partial charge in [-0.2, -0.15) is 5.10 Å². The van der Waals surface area contributed by atoms with Crippen molar-refractivity contribution in [3.8, 4) is 0 Å². The molecule has 0 saturated carbocycles. The zero-order chi connectivity index (χ0) is 15.6. The van der Waals surface area contributed by atoms with Gasteiger partial charge >= 0.3 is 0 Å². The predicted molar refractivity (Wildman–Crippen MR) is 77.9 cm³/mol. The number of rotatable bonds is 7. The van der Waals surface area contributed by atoms with Gasteiger partial charge in [-0.05, 0) is 32.6 Å². The van der Waals surface area contributed by atoms with Gasteiger partial charge in [0.15, 0.2) is 0 Å². The molecule has 2 N–H and O–H groups in total. The largest absolute Gasteiger partial charge is 0.393 e. The van der Waals surface area contributed by atoms with E-state index in [0.29, 0.717) is 6.42 Å². The Bertz CT molecular complexity index is 533. The molecule has 1 atom stereocenters. The van der Waals surface area contributed by atoms with Gasteiger partial charge in [0.05, 0.1) is 12.3 Å². The molecular weight excluding hydrogens is 278 g/mol. The lowest BCUT2D eigenvalue weighted by Crippen LogP contribution is -2.35. The van der Waals surface area contributed by atoms with E-state index >= 15 is 0 Å². The highest BCUT2D eigenvalue weighted by Gasteiger charge is 2.24. The Hall–Kier alpha value is -0.920. The lowest BCUT2D eigenvalue weighted by Gasteiger charge is -2.26. The summed E-state index contributed by atoms with van der Waals surface area (Å²) in [6.07, 6.45) is 2.94. The van der Waals surface area contributed by atoms with E-state index in [4.69, 9.17) is 0 Å². The molecule has 0 aromatic carbocycles. The van der Waals surface area contributed by atoms with E-state index in [1.54, 1.807) is 11.6 Å². The second kappa shape index (κ2) is 6.24. The van der Waals surface area contributed by atoms with Crippen LogP contribution in [-0.2, 0) is 10.0 Å². The van der Waals surface area contributed by atoms with Crippen molar-refractivity contribution in [3.05, 3.63) is 12.4 Å². The molecule has 1 heterocycles. The van der Waals surface area contributed by atoms with Crippen LogP contribution in [0.15, 0.2) is 17.3 Å². The molecule has 0 aliphatic rings. The molecule has 0 amide bonds. The maximum Gasteiger partial charge on any atom is 0.243 e. The molecule has 6 nitrogen and oxygen atoms in total. The molecule has 0 saturated heterocycles. The highest BCUT2D eigenvalue weighted by molar-refractivity contribution is 7.89. The fourth-order valence-corrected chi connectivity index (χ4v) is 3.17. The van der Waals surface area contributed by atoms with Crippen molar-refractivity contribution in [2.24, 2.45) is 5.41 Å². The zero-order valence-electron chi connectivity index (χ0n) is 12.8. The van der Waals surface area contributed by atoms with Crippen LogP contribution in [0.3, 0.4) is 0 Å². The van der Waals surface area contributed by atoms with Gasteiger partial charge in [-0.1, -0.05) is 13.8 Å². The van der Waals surface area contributed by atoms with Crippen LogP contribution >= 0.6 is 0 Å². The standard InChI is InChI=1S/C13H25N3O3S/c1-10(2)16-8-12(7-14-16)20(18,19)15-9-13(4,5)6-11(3)17/h7-8,10-11,15,17H,6,9H2,1-5H3/t11-/m1/s1. The summed E-state index contributed by atoms with van der Waals surface area (Å²) in [5.41, 5.74) is -0.310. The molecule has 7 heteroatoms. The van der Waals surface area contributed by atoms with E-state index in [0.717, 1.165) is 0 Å². The summed E-state index contributed by atoms with van der Waals surface area (Å²) in [6.45, 7) is 9.67. The Morgan fingerprint density at radius 2 is 2.00 bits per heavy atom. The van der Waals surface area contributed by atoms with Crippen LogP contribution in [0.5, 0.6) is 0 Å². The van der Waals surface area contributed by atoms with Crippen molar-refractivity contribution in [1.29, 1.82) is 0 Å². The van der Waals surface area contributed by atoms with E-state index in [-0.39, 0.29) is 22.9 Å². The van der Waals surface area contributed by atoms with Crippen molar-refractivity contribution in [2.75, 3.05) is 6.54 Å². The van der Waals surface area contributed by atoms with Gasteiger partial charge in [0, 0.05) is 18.8 Å². The summed E-state index contributed by atoms with van der Waals surface area (Å²) in [5, 5.41) is 13.4. The molecule has 0 unspecified atom stereocenters. The normalized spacial score (nSPS) is 14.8. The average molecular weight is 303 g/mol. The second-order valence-corrected chi connectivity index (χ2v) is 8.06. The molecular formula is C13H25N3O3S. The number of aromatic nitrogens is 2. The Kier molecular flexibility index (Phi) is 5.34. The lowest BCUT2D eigenvalue weighted by molar-refractivity contribution is 0.131. The van der Waals surface area contributed by atoms with Crippen molar-refractivity contribution in [3.63, 3.8) is 0 Å². The SMILES string of the molecule is CC(C)n1cc(S(=O)(=O)NCC(C)(C)C[C@@H](C)O)cn1. The van der Waals surface area contributed by atoms with Crippen LogP contribution in [0.1, 0.15) is 47.1 Å². The van der Waals surface area contributed by atoms with Gasteiger partial charge in [-0.15, -0.1) is 0 Å². The molecule has 0 aliphatic carbocycles. The van der Waals surface area contributed by atoms with Crippen LogP contribution in [0.25, 0.3) is 0 Å². The first-order valence-electron chi connectivity index (χ1n) is 6.75. The molecule has 1 aromatic rings. The van der Waals surface area contributed by atoms with E-state index in [1.807, 2.05) is 27.7 Å². The molecule has 116 valence electrons. The summed E-state index contributed by atoms with van der Waals surface area (Å²) in [6, 6.07) is 0.116. The van der Waals surface area contributed by atoms with Gasteiger partial charge in [-0.3, -0.25) is 4.68 Å². The van der Waals surface area contributed by atoms with Crippen LogP contribution < -0.4 is 4.72 Å².